The molecule has 184 valence electrons. The first-order valence-electron chi connectivity index (χ1n) is 10.8. The van der Waals surface area contributed by atoms with Crippen LogP contribution < -0.4 is 0 Å². The van der Waals surface area contributed by atoms with Crippen molar-refractivity contribution in [2.24, 2.45) is 0 Å². The Balaban J connectivity index is 1.64. The molecule has 35 heavy (non-hydrogen) atoms. The largest absolute Gasteiger partial charge is 0.393 e. The number of hydrogen-bond donors (Lipinski definition) is 1. The van der Waals surface area contributed by atoms with Crippen molar-refractivity contribution in [2.45, 2.75) is 38.1 Å². The highest BCUT2D eigenvalue weighted by molar-refractivity contribution is 5.99. The van der Waals surface area contributed by atoms with E-state index in [4.69, 9.17) is 0 Å². The molecular weight excluding hydrogens is 475 g/mol. The van der Waals surface area contributed by atoms with E-state index >= 15 is 0 Å². The Bertz CT molecular complexity index is 1420. The van der Waals surface area contributed by atoms with Gasteiger partial charge in [0, 0.05) is 36.9 Å². The third-order valence-electron chi connectivity index (χ3n) is 6.01. The summed E-state index contributed by atoms with van der Waals surface area (Å²) in [6.45, 7) is 0.660. The molecule has 0 aliphatic carbocycles. The molecule has 5 heterocycles. The fraction of sp³-hybridized carbons (Fsp3) is 0.364. The van der Waals surface area contributed by atoms with Gasteiger partial charge in [0.15, 0.2) is 11.5 Å². The van der Waals surface area contributed by atoms with E-state index < -0.39 is 36.4 Å². The third-order valence-corrected chi connectivity index (χ3v) is 6.01. The summed E-state index contributed by atoms with van der Waals surface area (Å²) in [7, 11) is 0. The highest BCUT2D eigenvalue weighted by Gasteiger charge is 2.29. The number of carbonyl (C=O) groups is 1. The van der Waals surface area contributed by atoms with Crippen molar-refractivity contribution in [2.75, 3.05) is 13.1 Å². The second-order valence-electron chi connectivity index (χ2n) is 8.31. The van der Waals surface area contributed by atoms with Crippen molar-refractivity contribution in [1.29, 1.82) is 0 Å². The molecule has 1 fully saturated rings. The molecule has 4 aromatic heterocycles. The lowest BCUT2D eigenvalue weighted by atomic mass is 10.2. The highest BCUT2D eigenvalue weighted by atomic mass is 19.3. The Labute approximate surface area is 194 Å². The van der Waals surface area contributed by atoms with Crippen LogP contribution in [-0.4, -0.2) is 65.7 Å². The van der Waals surface area contributed by atoms with Gasteiger partial charge in [-0.3, -0.25) is 14.2 Å². The number of amides is 1. The summed E-state index contributed by atoms with van der Waals surface area (Å²) in [5, 5.41) is 13.9. The van der Waals surface area contributed by atoms with Gasteiger partial charge in [-0.05, 0) is 25.3 Å². The van der Waals surface area contributed by atoms with E-state index in [1.54, 1.807) is 0 Å². The number of aliphatic hydroxyl groups is 1. The smallest absolute Gasteiger partial charge is 0.289 e. The van der Waals surface area contributed by atoms with Gasteiger partial charge in [-0.1, -0.05) is 0 Å². The molecule has 1 aliphatic heterocycles. The Morgan fingerprint density at radius 1 is 1.09 bits per heavy atom. The number of carbonyl (C=O) groups excluding carboxylic acids is 1. The van der Waals surface area contributed by atoms with Crippen LogP contribution in [0.15, 0.2) is 30.7 Å². The molecule has 5 rings (SSSR count). The lowest BCUT2D eigenvalue weighted by molar-refractivity contribution is 0.00356. The van der Waals surface area contributed by atoms with E-state index in [0.717, 1.165) is 22.9 Å². The molecule has 0 saturated carbocycles. The van der Waals surface area contributed by atoms with E-state index in [0.29, 0.717) is 36.6 Å². The van der Waals surface area contributed by atoms with Crippen LogP contribution in [0.5, 0.6) is 0 Å². The summed E-state index contributed by atoms with van der Waals surface area (Å²) >= 11 is 0. The Hall–Kier alpha value is -3.61. The van der Waals surface area contributed by atoms with Crippen LogP contribution in [0.3, 0.4) is 0 Å². The number of likely N-dealkylation sites (tertiary alicyclic amines) is 1. The topological polar surface area (TPSA) is 88.6 Å². The number of fused-ring (bicyclic) bond motifs is 2. The molecule has 0 spiro atoms. The Morgan fingerprint density at radius 3 is 2.66 bits per heavy atom. The number of rotatable bonds is 4. The van der Waals surface area contributed by atoms with Gasteiger partial charge < -0.3 is 10.0 Å². The molecule has 1 amide bonds. The van der Waals surface area contributed by atoms with Crippen molar-refractivity contribution in [3.8, 4) is 11.4 Å². The predicted octanol–water partition coefficient (Wildman–Crippen LogP) is 3.74. The molecule has 0 bridgehead atoms. The highest BCUT2D eigenvalue weighted by Crippen LogP contribution is 2.33. The molecule has 8 nitrogen and oxygen atoms in total. The molecule has 2 atom stereocenters. The van der Waals surface area contributed by atoms with Gasteiger partial charge in [0.1, 0.15) is 17.2 Å². The van der Waals surface area contributed by atoms with Gasteiger partial charge in [0.2, 0.25) is 0 Å². The third kappa shape index (κ3) is 4.09. The number of nitrogens with zero attached hydrogens (tertiary/aromatic N) is 6. The van der Waals surface area contributed by atoms with E-state index in [-0.39, 0.29) is 40.2 Å². The number of hydrogen-bond acceptors (Lipinski definition) is 5. The molecule has 0 aromatic carbocycles. The molecule has 4 aromatic rings. The van der Waals surface area contributed by atoms with Gasteiger partial charge in [-0.15, -0.1) is 0 Å². The first-order valence-corrected chi connectivity index (χ1v) is 10.8. The van der Waals surface area contributed by atoms with Crippen molar-refractivity contribution in [3.63, 3.8) is 0 Å². The van der Waals surface area contributed by atoms with Crippen LogP contribution in [-0.2, 0) is 0 Å². The molecular formula is C22H19F5N6O2. The summed E-state index contributed by atoms with van der Waals surface area (Å²) in [5.41, 5.74) is -0.569. The lowest BCUT2D eigenvalue weighted by Crippen LogP contribution is -2.32. The summed E-state index contributed by atoms with van der Waals surface area (Å²) in [5.74, 6) is -2.37. The van der Waals surface area contributed by atoms with Crippen LogP contribution in [0, 0.1) is 11.6 Å². The lowest BCUT2D eigenvalue weighted by Gasteiger charge is -2.20. The molecule has 1 N–H and O–H groups in total. The molecule has 13 heteroatoms. The predicted molar refractivity (Wildman–Crippen MR) is 114 cm³/mol. The maximum absolute atomic E-state index is 14.5. The summed E-state index contributed by atoms with van der Waals surface area (Å²) in [6.07, 6.45) is -2.02. The number of aliphatic hydroxyl groups excluding tert-OH is 1. The molecule has 1 saturated heterocycles. The summed E-state index contributed by atoms with van der Waals surface area (Å²) < 4.78 is 70.6. The van der Waals surface area contributed by atoms with Crippen LogP contribution in [0.2, 0.25) is 0 Å². The minimum atomic E-state index is -3.43. The zero-order valence-corrected chi connectivity index (χ0v) is 18.1. The van der Waals surface area contributed by atoms with Crippen molar-refractivity contribution in [3.05, 3.63) is 48.1 Å². The monoisotopic (exact) mass is 494 g/mol. The zero-order chi connectivity index (χ0) is 24.9. The first kappa shape index (κ1) is 23.1. The standard InChI is InChI=1S/C22H19F5N6O2/c23-11-6-14(24)21-29-9-17(32(21)10-11)18-13-8-28-15(7-16(13)33(30-18)20(27)19(25)26)22(35)31-4-1-2-12(34)3-5-31/h6-10,12,19-20,34H,1-5H2. The van der Waals surface area contributed by atoms with E-state index in [1.807, 2.05) is 0 Å². The van der Waals surface area contributed by atoms with Gasteiger partial charge in [0.05, 0.1) is 23.5 Å². The summed E-state index contributed by atoms with van der Waals surface area (Å²) in [6, 6.07) is 1.80. The normalized spacial score (nSPS) is 17.9. The average molecular weight is 494 g/mol. The second-order valence-corrected chi connectivity index (χ2v) is 8.31. The van der Waals surface area contributed by atoms with E-state index in [2.05, 4.69) is 15.1 Å². The van der Waals surface area contributed by atoms with Gasteiger partial charge >= 0.3 is 0 Å². The number of alkyl halides is 3. The number of halogens is 5. The maximum Gasteiger partial charge on any atom is 0.289 e. The SMILES string of the molecule is O=C(c1cc2c(cn1)c(-c1cnc3c(F)cc(F)cn13)nn2C(F)C(F)F)N1CCCC(O)CC1. The quantitative estimate of drug-likeness (QED) is 0.437. The second kappa shape index (κ2) is 8.87. The van der Waals surface area contributed by atoms with Gasteiger partial charge in [0.25, 0.3) is 18.6 Å². The van der Waals surface area contributed by atoms with Crippen molar-refractivity contribution >= 4 is 22.5 Å². The number of pyridine rings is 2. The van der Waals surface area contributed by atoms with Crippen LogP contribution in [0.4, 0.5) is 22.0 Å². The van der Waals surface area contributed by atoms with Gasteiger partial charge in [-0.25, -0.2) is 31.6 Å². The van der Waals surface area contributed by atoms with Crippen LogP contribution >= 0.6 is 0 Å². The van der Waals surface area contributed by atoms with Crippen LogP contribution in [0.1, 0.15) is 36.0 Å². The van der Waals surface area contributed by atoms with Crippen LogP contribution in [0.25, 0.3) is 27.9 Å². The molecule has 0 radical (unpaired) electrons. The minimum Gasteiger partial charge on any atom is -0.393 e. The average Bonchev–Trinajstić information content (AvgIpc) is 3.33. The van der Waals surface area contributed by atoms with Crippen molar-refractivity contribution in [1.82, 2.24) is 29.0 Å². The first-order chi connectivity index (χ1) is 16.7. The number of aromatic nitrogens is 5. The fourth-order valence-electron chi connectivity index (χ4n) is 4.27. The summed E-state index contributed by atoms with van der Waals surface area (Å²) in [4.78, 5) is 22.5. The molecule has 2 unspecified atom stereocenters. The Morgan fingerprint density at radius 2 is 1.89 bits per heavy atom. The Kier molecular flexibility index (Phi) is 5.87. The number of imidazole rings is 1. The van der Waals surface area contributed by atoms with E-state index in [1.165, 1.54) is 11.1 Å². The van der Waals surface area contributed by atoms with Crippen molar-refractivity contribution < 1.29 is 31.9 Å². The van der Waals surface area contributed by atoms with E-state index in [9.17, 15) is 31.9 Å². The minimum absolute atomic E-state index is 0.0194. The molecule has 1 aliphatic rings. The maximum atomic E-state index is 14.5. The van der Waals surface area contributed by atoms with Gasteiger partial charge in [-0.2, -0.15) is 5.10 Å². The fourth-order valence-corrected chi connectivity index (χ4v) is 4.27. The zero-order valence-electron chi connectivity index (χ0n) is 18.1.